The largest absolute Gasteiger partial charge is 0.311 e. The lowest BCUT2D eigenvalue weighted by Gasteiger charge is -2.44. The predicted molar refractivity (Wildman–Crippen MR) is 83.4 cm³/mol. The summed E-state index contributed by atoms with van der Waals surface area (Å²) < 4.78 is 0. The van der Waals surface area contributed by atoms with Crippen LogP contribution in [0.25, 0.3) is 0 Å². The van der Waals surface area contributed by atoms with E-state index in [0.717, 1.165) is 23.9 Å². The highest BCUT2D eigenvalue weighted by Gasteiger charge is 2.47. The molecule has 0 aromatic heterocycles. The fraction of sp³-hybridized carbons (Fsp3) is 1.00. The lowest BCUT2D eigenvalue weighted by molar-refractivity contribution is 0.0638. The van der Waals surface area contributed by atoms with Gasteiger partial charge in [-0.15, -0.1) is 0 Å². The fourth-order valence-electron chi connectivity index (χ4n) is 3.76. The van der Waals surface area contributed by atoms with Crippen LogP contribution in [0.3, 0.4) is 0 Å². The molecule has 1 aliphatic heterocycles. The van der Waals surface area contributed by atoms with Gasteiger partial charge in [0.15, 0.2) is 0 Å². The normalized spacial score (nSPS) is 31.1. The molecule has 2 nitrogen and oxygen atoms in total. The molecule has 2 unspecified atom stereocenters. The molecule has 112 valence electrons. The second kappa shape index (κ2) is 6.13. The topological polar surface area (TPSA) is 15.3 Å². The number of hydrogen-bond donors (Lipinski definition) is 1. The highest BCUT2D eigenvalue weighted by atomic mass is 15.2. The molecule has 2 rings (SSSR count). The molecule has 0 radical (unpaired) electrons. The number of hydrogen-bond acceptors (Lipinski definition) is 2. The van der Waals surface area contributed by atoms with Crippen LogP contribution in [0.1, 0.15) is 60.3 Å². The zero-order chi connectivity index (χ0) is 14.0. The maximum absolute atomic E-state index is 3.78. The summed E-state index contributed by atoms with van der Waals surface area (Å²) >= 11 is 0. The Kier molecular flexibility index (Phi) is 4.94. The third-order valence-corrected chi connectivity index (χ3v) is 5.58. The molecule has 2 fully saturated rings. The zero-order valence-electron chi connectivity index (χ0n) is 13.7. The van der Waals surface area contributed by atoms with Crippen molar-refractivity contribution in [1.29, 1.82) is 0 Å². The summed E-state index contributed by atoms with van der Waals surface area (Å²) in [6.07, 6.45) is 5.54. The van der Waals surface area contributed by atoms with Crippen molar-refractivity contribution in [2.45, 2.75) is 72.4 Å². The van der Waals surface area contributed by atoms with Crippen LogP contribution in [-0.4, -0.2) is 36.6 Å². The van der Waals surface area contributed by atoms with Crippen LogP contribution >= 0.6 is 0 Å². The molecule has 0 aromatic carbocycles. The summed E-state index contributed by atoms with van der Waals surface area (Å²) in [6, 6.07) is 1.47. The molecule has 1 heterocycles. The first-order chi connectivity index (χ1) is 8.98. The highest BCUT2D eigenvalue weighted by molar-refractivity contribution is 5.00. The van der Waals surface area contributed by atoms with Crippen molar-refractivity contribution in [1.82, 2.24) is 10.2 Å². The van der Waals surface area contributed by atoms with Crippen molar-refractivity contribution >= 4 is 0 Å². The first kappa shape index (κ1) is 15.3. The van der Waals surface area contributed by atoms with Gasteiger partial charge in [0, 0.05) is 31.7 Å². The van der Waals surface area contributed by atoms with E-state index in [9.17, 15) is 0 Å². The lowest BCUT2D eigenvalue weighted by atomic mass is 9.89. The van der Waals surface area contributed by atoms with Crippen LogP contribution in [0, 0.1) is 17.3 Å². The van der Waals surface area contributed by atoms with Gasteiger partial charge in [0.25, 0.3) is 0 Å². The maximum Gasteiger partial charge on any atom is 0.0244 e. The molecule has 19 heavy (non-hydrogen) atoms. The van der Waals surface area contributed by atoms with Crippen molar-refractivity contribution in [2.75, 3.05) is 19.6 Å². The molecular weight excluding hydrogens is 232 g/mol. The molecule has 2 heteroatoms. The van der Waals surface area contributed by atoms with Crippen LogP contribution in [0.4, 0.5) is 0 Å². The second-order valence-corrected chi connectivity index (χ2v) is 7.65. The number of nitrogens with one attached hydrogen (secondary N) is 1. The van der Waals surface area contributed by atoms with Gasteiger partial charge in [-0.2, -0.15) is 0 Å². The van der Waals surface area contributed by atoms with Crippen molar-refractivity contribution < 1.29 is 0 Å². The van der Waals surface area contributed by atoms with Gasteiger partial charge in [0.05, 0.1) is 0 Å². The molecule has 0 aromatic rings. The van der Waals surface area contributed by atoms with E-state index >= 15 is 0 Å². The Balaban J connectivity index is 1.99. The van der Waals surface area contributed by atoms with Crippen molar-refractivity contribution in [3.05, 3.63) is 0 Å². The van der Waals surface area contributed by atoms with E-state index in [-0.39, 0.29) is 0 Å². The monoisotopic (exact) mass is 266 g/mol. The minimum absolute atomic E-state index is 0.654. The Morgan fingerprint density at radius 1 is 1.21 bits per heavy atom. The third kappa shape index (κ3) is 3.52. The van der Waals surface area contributed by atoms with Crippen LogP contribution in [0.5, 0.6) is 0 Å². The number of rotatable bonds is 6. The van der Waals surface area contributed by atoms with Gasteiger partial charge in [-0.3, -0.25) is 4.90 Å². The average molecular weight is 266 g/mol. The van der Waals surface area contributed by atoms with Crippen LogP contribution < -0.4 is 5.32 Å². The van der Waals surface area contributed by atoms with E-state index < -0.39 is 0 Å². The molecule has 0 amide bonds. The van der Waals surface area contributed by atoms with Crippen molar-refractivity contribution in [2.24, 2.45) is 17.3 Å². The van der Waals surface area contributed by atoms with Gasteiger partial charge in [0.1, 0.15) is 0 Å². The van der Waals surface area contributed by atoms with E-state index in [1.807, 2.05) is 0 Å². The molecule has 1 N–H and O–H groups in total. The summed E-state index contributed by atoms with van der Waals surface area (Å²) in [6.45, 7) is 15.7. The molecule has 1 aliphatic carbocycles. The number of piperazine rings is 1. The van der Waals surface area contributed by atoms with E-state index in [1.54, 1.807) is 0 Å². The molecule has 1 saturated heterocycles. The minimum Gasteiger partial charge on any atom is -0.311 e. The summed E-state index contributed by atoms with van der Waals surface area (Å²) in [4.78, 5) is 2.83. The van der Waals surface area contributed by atoms with Crippen LogP contribution in [-0.2, 0) is 0 Å². The molecule has 1 saturated carbocycles. The van der Waals surface area contributed by atoms with Crippen molar-refractivity contribution in [3.63, 3.8) is 0 Å². The predicted octanol–water partition coefficient (Wildman–Crippen LogP) is 3.52. The molecule has 2 atom stereocenters. The lowest BCUT2D eigenvalue weighted by Crippen LogP contribution is -2.59. The van der Waals surface area contributed by atoms with Gasteiger partial charge in [-0.25, -0.2) is 0 Å². The standard InChI is InChI=1S/C17H34N2/c1-6-7-15-11-19(16(10-18-15)13(2)3)12-17(8-9-17)14(4)5/h13-16,18H,6-12H2,1-5H3. The summed E-state index contributed by atoms with van der Waals surface area (Å²) in [7, 11) is 0. The summed E-state index contributed by atoms with van der Waals surface area (Å²) in [5.74, 6) is 1.61. The Morgan fingerprint density at radius 2 is 1.89 bits per heavy atom. The van der Waals surface area contributed by atoms with Gasteiger partial charge in [-0.05, 0) is 36.5 Å². The SMILES string of the molecule is CCCC1CN(CC2(C(C)C)CC2)C(C(C)C)CN1. The number of nitrogens with zero attached hydrogens (tertiary/aromatic N) is 1. The van der Waals surface area contributed by atoms with Gasteiger partial charge in [0.2, 0.25) is 0 Å². The zero-order valence-corrected chi connectivity index (χ0v) is 13.7. The summed E-state index contributed by atoms with van der Waals surface area (Å²) in [5, 5.41) is 3.78. The first-order valence-electron chi connectivity index (χ1n) is 8.46. The van der Waals surface area contributed by atoms with Gasteiger partial charge >= 0.3 is 0 Å². The second-order valence-electron chi connectivity index (χ2n) is 7.65. The van der Waals surface area contributed by atoms with E-state index in [2.05, 4.69) is 44.8 Å². The van der Waals surface area contributed by atoms with Crippen LogP contribution in [0.2, 0.25) is 0 Å². The molecular formula is C17H34N2. The summed E-state index contributed by atoms with van der Waals surface area (Å²) in [5.41, 5.74) is 0.654. The molecule has 0 spiro atoms. The fourth-order valence-corrected chi connectivity index (χ4v) is 3.76. The van der Waals surface area contributed by atoms with E-state index in [1.165, 1.54) is 45.3 Å². The third-order valence-electron chi connectivity index (χ3n) is 5.58. The molecule has 2 aliphatic rings. The van der Waals surface area contributed by atoms with Gasteiger partial charge in [-0.1, -0.05) is 41.0 Å². The Morgan fingerprint density at radius 3 is 2.37 bits per heavy atom. The Hall–Kier alpha value is -0.0800. The quantitative estimate of drug-likeness (QED) is 0.791. The highest BCUT2D eigenvalue weighted by Crippen LogP contribution is 2.52. The first-order valence-corrected chi connectivity index (χ1v) is 8.46. The smallest absolute Gasteiger partial charge is 0.0244 e. The molecule has 0 bridgehead atoms. The Bertz CT molecular complexity index is 281. The minimum atomic E-state index is 0.654. The van der Waals surface area contributed by atoms with E-state index in [0.29, 0.717) is 5.41 Å². The van der Waals surface area contributed by atoms with Crippen molar-refractivity contribution in [3.8, 4) is 0 Å². The van der Waals surface area contributed by atoms with Crippen LogP contribution in [0.15, 0.2) is 0 Å². The van der Waals surface area contributed by atoms with Gasteiger partial charge < -0.3 is 5.32 Å². The Labute approximate surface area is 120 Å². The maximum atomic E-state index is 3.78. The van der Waals surface area contributed by atoms with E-state index in [4.69, 9.17) is 0 Å². The average Bonchev–Trinajstić information content (AvgIpc) is 3.10.